The molecule has 0 aliphatic heterocycles. The van der Waals surface area contributed by atoms with E-state index in [9.17, 15) is 14.4 Å². The summed E-state index contributed by atoms with van der Waals surface area (Å²) in [6.07, 6.45) is -1.96. The van der Waals surface area contributed by atoms with Crippen LogP contribution in [0.15, 0.2) is 0 Å². The minimum atomic E-state index is -0.978. The lowest BCUT2D eigenvalue weighted by Crippen LogP contribution is -2.44. The molecule has 10 nitrogen and oxygen atoms in total. The van der Waals surface area contributed by atoms with Crippen molar-refractivity contribution >= 4 is 18.1 Å². The number of rotatable bonds is 9. The lowest BCUT2D eigenvalue weighted by molar-refractivity contribution is -0.137. The molecular weight excluding hydrogens is 370 g/mol. The molecule has 0 spiro atoms. The third kappa shape index (κ3) is 15.2. The highest BCUT2D eigenvalue weighted by atomic mass is 16.8. The first-order valence-electron chi connectivity index (χ1n) is 8.71. The second-order valence-corrected chi connectivity index (χ2v) is 7.61. The van der Waals surface area contributed by atoms with E-state index in [1.807, 2.05) is 0 Å². The fraction of sp³-hybridized carbons (Fsp3) is 0.833. The maximum absolute atomic E-state index is 12.2. The van der Waals surface area contributed by atoms with Crippen LogP contribution in [-0.2, 0) is 23.8 Å². The van der Waals surface area contributed by atoms with Gasteiger partial charge < -0.3 is 24.8 Å². The topological polar surface area (TPSA) is 115 Å². The average Bonchev–Trinajstić information content (AvgIpc) is 2.47. The summed E-state index contributed by atoms with van der Waals surface area (Å²) in [6.45, 7) is 11.1. The van der Waals surface area contributed by atoms with Crippen molar-refractivity contribution in [2.75, 3.05) is 40.0 Å². The van der Waals surface area contributed by atoms with Crippen molar-refractivity contribution in [1.82, 2.24) is 15.7 Å². The number of nitrogens with one attached hydrogen (secondary N) is 2. The van der Waals surface area contributed by atoms with Gasteiger partial charge in [-0.1, -0.05) is 12.5 Å². The summed E-state index contributed by atoms with van der Waals surface area (Å²) in [5.74, 6) is -0.205. The van der Waals surface area contributed by atoms with Gasteiger partial charge in [0.15, 0.2) is 0 Å². The van der Waals surface area contributed by atoms with Crippen LogP contribution in [0.3, 0.4) is 0 Å². The predicted molar refractivity (Wildman–Crippen MR) is 105 cm³/mol. The third-order valence-electron chi connectivity index (χ3n) is 2.53. The van der Waals surface area contributed by atoms with E-state index < -0.39 is 23.4 Å². The lowest BCUT2D eigenvalue weighted by atomic mass is 10.2. The third-order valence-corrected chi connectivity index (χ3v) is 2.53. The Hall–Kier alpha value is -1.91. The van der Waals surface area contributed by atoms with Crippen LogP contribution in [0.25, 0.3) is 0 Å². The molecule has 10 heteroatoms. The van der Waals surface area contributed by atoms with Gasteiger partial charge in [-0.25, -0.2) is 9.59 Å². The van der Waals surface area contributed by atoms with E-state index >= 15 is 0 Å². The highest BCUT2D eigenvalue weighted by Crippen LogP contribution is 2.14. The molecule has 0 aromatic rings. The van der Waals surface area contributed by atoms with E-state index in [-0.39, 0.29) is 33.0 Å². The molecule has 0 aromatic carbocycles. The summed E-state index contributed by atoms with van der Waals surface area (Å²) in [5, 5.41) is 5.92. The standard InChI is InChI=1S/C17H33N3O7.CH4/c1-16(2,3)26-14(22)20(15(23)27-17(4,5)6)25-11-8-18-12-13(21)19-9-10-24-7;/h18H,8-12H2,1-7H3,(H,19,21);1H4. The van der Waals surface area contributed by atoms with E-state index in [2.05, 4.69) is 10.6 Å². The first-order valence-corrected chi connectivity index (χ1v) is 8.71. The van der Waals surface area contributed by atoms with Gasteiger partial charge in [0.05, 0.1) is 19.8 Å². The zero-order valence-corrected chi connectivity index (χ0v) is 17.3. The molecule has 0 saturated heterocycles. The van der Waals surface area contributed by atoms with Gasteiger partial charge in [-0.15, -0.1) is 0 Å². The molecule has 166 valence electrons. The van der Waals surface area contributed by atoms with Crippen molar-refractivity contribution in [2.45, 2.75) is 60.2 Å². The fourth-order valence-electron chi connectivity index (χ4n) is 1.55. The van der Waals surface area contributed by atoms with Crippen LogP contribution in [0.4, 0.5) is 9.59 Å². The van der Waals surface area contributed by atoms with Crippen molar-refractivity contribution in [1.29, 1.82) is 0 Å². The molecule has 0 saturated carbocycles. The van der Waals surface area contributed by atoms with Gasteiger partial charge >= 0.3 is 12.2 Å². The Balaban J connectivity index is 0. The van der Waals surface area contributed by atoms with Crippen LogP contribution in [0.2, 0.25) is 0 Å². The van der Waals surface area contributed by atoms with Gasteiger partial charge in [0.2, 0.25) is 5.91 Å². The quantitative estimate of drug-likeness (QED) is 0.441. The zero-order valence-electron chi connectivity index (χ0n) is 17.3. The minimum absolute atomic E-state index is 0. The Bertz CT molecular complexity index is 457. The second kappa shape index (κ2) is 13.3. The van der Waals surface area contributed by atoms with Crippen molar-refractivity contribution < 1.29 is 33.4 Å². The number of hydrogen-bond donors (Lipinski definition) is 2. The maximum Gasteiger partial charge on any atom is 0.444 e. The SMILES string of the molecule is C.COCCNC(=O)CNCCON(C(=O)OC(C)(C)C)C(=O)OC(C)(C)C. The normalized spacial score (nSPS) is 11.2. The average molecular weight is 408 g/mol. The summed E-state index contributed by atoms with van der Waals surface area (Å²) in [5.41, 5.74) is -1.61. The molecule has 0 aliphatic rings. The number of carbonyl (C=O) groups is 3. The van der Waals surface area contributed by atoms with Gasteiger partial charge in [-0.05, 0) is 41.5 Å². The monoisotopic (exact) mass is 407 g/mol. The van der Waals surface area contributed by atoms with E-state index in [4.69, 9.17) is 19.0 Å². The number of amides is 3. The van der Waals surface area contributed by atoms with E-state index in [0.717, 1.165) is 0 Å². The van der Waals surface area contributed by atoms with Crippen molar-refractivity contribution in [3.05, 3.63) is 0 Å². The molecule has 0 heterocycles. The second-order valence-electron chi connectivity index (χ2n) is 7.61. The fourth-order valence-corrected chi connectivity index (χ4v) is 1.55. The highest BCUT2D eigenvalue weighted by molar-refractivity contribution is 5.86. The molecule has 28 heavy (non-hydrogen) atoms. The van der Waals surface area contributed by atoms with Crippen molar-refractivity contribution in [3.8, 4) is 0 Å². The van der Waals surface area contributed by atoms with Crippen LogP contribution >= 0.6 is 0 Å². The molecule has 3 amide bonds. The molecule has 0 rings (SSSR count). The summed E-state index contributed by atoms with van der Waals surface area (Å²) < 4.78 is 15.1. The summed E-state index contributed by atoms with van der Waals surface area (Å²) in [6, 6.07) is 0. The molecule has 0 fully saturated rings. The van der Waals surface area contributed by atoms with Crippen LogP contribution in [0, 0.1) is 0 Å². The summed E-state index contributed by atoms with van der Waals surface area (Å²) in [4.78, 5) is 41.1. The molecule has 0 unspecified atom stereocenters. The van der Waals surface area contributed by atoms with Crippen molar-refractivity contribution in [2.24, 2.45) is 0 Å². The molecule has 0 bridgehead atoms. The van der Waals surface area contributed by atoms with Gasteiger partial charge in [0, 0.05) is 20.2 Å². The molecule has 2 N–H and O–H groups in total. The van der Waals surface area contributed by atoms with Gasteiger partial charge in [-0.3, -0.25) is 9.63 Å². The van der Waals surface area contributed by atoms with Crippen LogP contribution < -0.4 is 10.6 Å². The van der Waals surface area contributed by atoms with E-state index in [1.165, 1.54) is 0 Å². The zero-order chi connectivity index (χ0) is 21.1. The van der Waals surface area contributed by atoms with Gasteiger partial charge in [0.25, 0.3) is 0 Å². The van der Waals surface area contributed by atoms with Crippen LogP contribution in [-0.4, -0.2) is 74.3 Å². The Morgan fingerprint density at radius 1 is 0.857 bits per heavy atom. The summed E-state index contributed by atoms with van der Waals surface area (Å²) in [7, 11) is 1.54. The van der Waals surface area contributed by atoms with Gasteiger partial charge in [-0.2, -0.15) is 0 Å². The number of imide groups is 1. The maximum atomic E-state index is 12.2. The Morgan fingerprint density at radius 3 is 1.79 bits per heavy atom. The van der Waals surface area contributed by atoms with Crippen LogP contribution in [0.5, 0.6) is 0 Å². The first-order chi connectivity index (χ1) is 12.4. The number of carbonyl (C=O) groups excluding carboxylic acids is 3. The van der Waals surface area contributed by atoms with Crippen LogP contribution in [0.1, 0.15) is 49.0 Å². The largest absolute Gasteiger partial charge is 0.444 e. The number of hydroxylamine groups is 2. The Kier molecular flexibility index (Phi) is 13.4. The molecule has 0 aliphatic carbocycles. The highest BCUT2D eigenvalue weighted by Gasteiger charge is 2.32. The van der Waals surface area contributed by atoms with E-state index in [0.29, 0.717) is 18.2 Å². The molecular formula is C18H37N3O7. The number of hydrogen-bond acceptors (Lipinski definition) is 8. The van der Waals surface area contributed by atoms with Gasteiger partial charge in [0.1, 0.15) is 11.2 Å². The smallest absolute Gasteiger partial charge is 0.442 e. The Morgan fingerprint density at radius 2 is 1.36 bits per heavy atom. The predicted octanol–water partition coefficient (Wildman–Crippen LogP) is 2.08. The Labute approximate surface area is 168 Å². The summed E-state index contributed by atoms with van der Waals surface area (Å²) >= 11 is 0. The molecule has 0 aromatic heterocycles. The molecule has 0 atom stereocenters. The lowest BCUT2D eigenvalue weighted by Gasteiger charge is -2.27. The first kappa shape index (κ1) is 28.3. The van der Waals surface area contributed by atoms with Crippen molar-refractivity contribution in [3.63, 3.8) is 0 Å². The number of methoxy groups -OCH3 is 1. The molecule has 0 radical (unpaired) electrons. The van der Waals surface area contributed by atoms with E-state index in [1.54, 1.807) is 48.7 Å². The minimum Gasteiger partial charge on any atom is -0.442 e. The number of nitrogens with zero attached hydrogens (tertiary/aromatic N) is 1. The number of ether oxygens (including phenoxy) is 3.